The summed E-state index contributed by atoms with van der Waals surface area (Å²) in [7, 11) is 0. The number of nitrogens with one attached hydrogen (secondary N) is 3. The summed E-state index contributed by atoms with van der Waals surface area (Å²) in [6.45, 7) is 0. The minimum atomic E-state index is -0.453. The summed E-state index contributed by atoms with van der Waals surface area (Å²) in [6, 6.07) is 15.9. The van der Waals surface area contributed by atoms with Crippen molar-refractivity contribution in [3.8, 4) is 0 Å². The highest BCUT2D eigenvalue weighted by molar-refractivity contribution is 7.80. The van der Waals surface area contributed by atoms with Gasteiger partial charge in [0.1, 0.15) is 0 Å². The molecule has 2 amide bonds. The maximum Gasteiger partial charge on any atom is 0.258 e. The molecule has 0 heterocycles. The van der Waals surface area contributed by atoms with E-state index in [0.29, 0.717) is 10.6 Å². The Labute approximate surface area is 144 Å². The number of carbonyl (C=O) groups is 2. The number of amides is 2. The molecule has 2 aromatic carbocycles. The molecule has 23 heavy (non-hydrogen) atoms. The lowest BCUT2D eigenvalue weighted by molar-refractivity contribution is -0.121. The summed E-state index contributed by atoms with van der Waals surface area (Å²) in [6.07, 6.45) is 0.203. The molecule has 3 N–H and O–H groups in total. The van der Waals surface area contributed by atoms with Gasteiger partial charge in [0.15, 0.2) is 5.11 Å². The van der Waals surface area contributed by atoms with Crippen LogP contribution in [0.2, 0.25) is 5.02 Å². The average Bonchev–Trinajstić information content (AvgIpc) is 2.54. The maximum atomic E-state index is 12.0. The van der Waals surface area contributed by atoms with E-state index in [1.165, 1.54) is 0 Å². The molecular formula is C16H14ClN3O2S. The lowest BCUT2D eigenvalue weighted by Gasteiger charge is -2.11. The van der Waals surface area contributed by atoms with E-state index in [-0.39, 0.29) is 17.4 Å². The molecule has 0 aliphatic rings. The van der Waals surface area contributed by atoms with Gasteiger partial charge in [0.2, 0.25) is 5.91 Å². The van der Waals surface area contributed by atoms with Crippen molar-refractivity contribution in [1.29, 1.82) is 0 Å². The van der Waals surface area contributed by atoms with Gasteiger partial charge < -0.3 is 0 Å². The zero-order chi connectivity index (χ0) is 16.7. The number of rotatable bonds is 3. The predicted octanol–water partition coefficient (Wildman–Crippen LogP) is 2.22. The van der Waals surface area contributed by atoms with E-state index in [4.69, 9.17) is 23.8 Å². The van der Waals surface area contributed by atoms with Gasteiger partial charge in [0.25, 0.3) is 5.91 Å². The number of thiocarbonyl (C=S) groups is 1. The number of carbonyl (C=O) groups excluding carboxylic acids is 2. The Balaban J connectivity index is 1.80. The van der Waals surface area contributed by atoms with Crippen LogP contribution in [0.5, 0.6) is 0 Å². The van der Waals surface area contributed by atoms with Crippen molar-refractivity contribution in [2.45, 2.75) is 6.42 Å². The first-order valence-electron chi connectivity index (χ1n) is 6.75. The summed E-state index contributed by atoms with van der Waals surface area (Å²) >= 11 is 10.9. The van der Waals surface area contributed by atoms with E-state index in [9.17, 15) is 9.59 Å². The SMILES string of the molecule is O=C(Cc1ccccc1)NNC(=S)NC(=O)c1ccccc1Cl. The molecule has 0 saturated heterocycles. The van der Waals surface area contributed by atoms with Crippen LogP contribution in [-0.4, -0.2) is 16.9 Å². The smallest absolute Gasteiger partial charge is 0.258 e. The Morgan fingerprint density at radius 1 is 0.957 bits per heavy atom. The van der Waals surface area contributed by atoms with Crippen molar-refractivity contribution in [3.05, 3.63) is 70.7 Å². The highest BCUT2D eigenvalue weighted by Gasteiger charge is 2.11. The molecule has 0 spiro atoms. The average molecular weight is 348 g/mol. The van der Waals surface area contributed by atoms with Gasteiger partial charge in [-0.25, -0.2) is 0 Å². The molecule has 0 aliphatic carbocycles. The van der Waals surface area contributed by atoms with Gasteiger partial charge in [0.05, 0.1) is 17.0 Å². The van der Waals surface area contributed by atoms with Crippen molar-refractivity contribution >= 4 is 40.7 Å². The molecule has 118 valence electrons. The van der Waals surface area contributed by atoms with E-state index in [0.717, 1.165) is 5.56 Å². The quantitative estimate of drug-likeness (QED) is 0.588. The predicted molar refractivity (Wildman–Crippen MR) is 92.9 cm³/mol. The van der Waals surface area contributed by atoms with Crippen LogP contribution in [0.15, 0.2) is 54.6 Å². The summed E-state index contributed by atoms with van der Waals surface area (Å²) in [5.74, 6) is -0.726. The van der Waals surface area contributed by atoms with Crippen LogP contribution < -0.4 is 16.2 Å². The van der Waals surface area contributed by atoms with E-state index >= 15 is 0 Å². The van der Waals surface area contributed by atoms with E-state index in [2.05, 4.69) is 16.2 Å². The molecule has 0 unspecified atom stereocenters. The molecule has 0 atom stereocenters. The normalized spacial score (nSPS) is 9.78. The zero-order valence-electron chi connectivity index (χ0n) is 12.0. The van der Waals surface area contributed by atoms with Crippen molar-refractivity contribution in [3.63, 3.8) is 0 Å². The highest BCUT2D eigenvalue weighted by atomic mass is 35.5. The van der Waals surface area contributed by atoms with Crippen LogP contribution in [0.1, 0.15) is 15.9 Å². The third kappa shape index (κ3) is 5.36. The fraction of sp³-hybridized carbons (Fsp3) is 0.0625. The minimum absolute atomic E-state index is 0.0173. The molecule has 0 bridgehead atoms. The fourth-order valence-corrected chi connectivity index (χ4v) is 2.16. The Kier molecular flexibility index (Phi) is 6.08. The topological polar surface area (TPSA) is 70.2 Å². The van der Waals surface area contributed by atoms with Gasteiger partial charge in [0, 0.05) is 0 Å². The monoisotopic (exact) mass is 347 g/mol. The number of hydrazine groups is 1. The third-order valence-corrected chi connectivity index (χ3v) is 3.40. The molecular weight excluding hydrogens is 334 g/mol. The second-order valence-corrected chi connectivity index (χ2v) is 5.41. The number of hydrogen-bond acceptors (Lipinski definition) is 3. The Morgan fingerprint density at radius 3 is 2.30 bits per heavy atom. The molecule has 2 aromatic rings. The van der Waals surface area contributed by atoms with Crippen LogP contribution in [0, 0.1) is 0 Å². The van der Waals surface area contributed by atoms with Gasteiger partial charge in [-0.15, -0.1) is 0 Å². The first kappa shape index (κ1) is 16.9. The Hall–Kier alpha value is -2.44. The third-order valence-electron chi connectivity index (χ3n) is 2.87. The molecule has 7 heteroatoms. The first-order valence-corrected chi connectivity index (χ1v) is 7.53. The molecule has 0 saturated carbocycles. The van der Waals surface area contributed by atoms with Gasteiger partial charge in [-0.05, 0) is 29.9 Å². The fourth-order valence-electron chi connectivity index (χ4n) is 1.80. The maximum absolute atomic E-state index is 12.0. The number of benzene rings is 2. The summed E-state index contributed by atoms with van der Waals surface area (Å²) < 4.78 is 0. The molecule has 0 aliphatic heterocycles. The van der Waals surface area contributed by atoms with Crippen molar-refractivity contribution in [1.82, 2.24) is 16.2 Å². The second-order valence-electron chi connectivity index (χ2n) is 4.60. The molecule has 0 aromatic heterocycles. The van der Waals surface area contributed by atoms with Crippen LogP contribution in [-0.2, 0) is 11.2 Å². The van der Waals surface area contributed by atoms with Gasteiger partial charge in [-0.1, -0.05) is 54.1 Å². The number of halogens is 1. The zero-order valence-corrected chi connectivity index (χ0v) is 13.6. The summed E-state index contributed by atoms with van der Waals surface area (Å²) in [4.78, 5) is 23.7. The van der Waals surface area contributed by atoms with Gasteiger partial charge in [-0.2, -0.15) is 0 Å². The van der Waals surface area contributed by atoms with Crippen LogP contribution in [0.25, 0.3) is 0 Å². The van der Waals surface area contributed by atoms with Gasteiger partial charge in [-0.3, -0.25) is 25.8 Å². The standard InChI is InChI=1S/C16H14ClN3O2S/c17-13-9-5-4-8-12(13)15(22)18-16(23)20-19-14(21)10-11-6-2-1-3-7-11/h1-9H,10H2,(H,19,21)(H2,18,20,22,23). The lowest BCUT2D eigenvalue weighted by atomic mass is 10.1. The van der Waals surface area contributed by atoms with Crippen molar-refractivity contribution < 1.29 is 9.59 Å². The largest absolute Gasteiger partial charge is 0.298 e. The van der Waals surface area contributed by atoms with Crippen molar-refractivity contribution in [2.75, 3.05) is 0 Å². The Bertz CT molecular complexity index is 722. The summed E-state index contributed by atoms with van der Waals surface area (Å²) in [5, 5.41) is 2.74. The van der Waals surface area contributed by atoms with Gasteiger partial charge >= 0.3 is 0 Å². The molecule has 5 nitrogen and oxygen atoms in total. The van der Waals surface area contributed by atoms with Crippen LogP contribution >= 0.6 is 23.8 Å². The highest BCUT2D eigenvalue weighted by Crippen LogP contribution is 2.14. The Morgan fingerprint density at radius 2 is 1.61 bits per heavy atom. The first-order chi connectivity index (χ1) is 11.1. The second kappa shape index (κ2) is 8.26. The molecule has 2 rings (SSSR count). The van der Waals surface area contributed by atoms with E-state index in [1.54, 1.807) is 24.3 Å². The number of hydrogen-bond donors (Lipinski definition) is 3. The van der Waals surface area contributed by atoms with E-state index < -0.39 is 5.91 Å². The molecule has 0 fully saturated rings. The van der Waals surface area contributed by atoms with E-state index in [1.807, 2.05) is 30.3 Å². The lowest BCUT2D eigenvalue weighted by Crippen LogP contribution is -2.48. The van der Waals surface area contributed by atoms with Crippen LogP contribution in [0.4, 0.5) is 0 Å². The summed E-state index contributed by atoms with van der Waals surface area (Å²) in [5.41, 5.74) is 6.08. The van der Waals surface area contributed by atoms with Crippen molar-refractivity contribution in [2.24, 2.45) is 0 Å². The molecule has 0 radical (unpaired) electrons. The minimum Gasteiger partial charge on any atom is -0.298 e. The van der Waals surface area contributed by atoms with Crippen LogP contribution in [0.3, 0.4) is 0 Å².